The summed E-state index contributed by atoms with van der Waals surface area (Å²) < 4.78 is 1.88. The molecule has 0 aromatic carbocycles. The summed E-state index contributed by atoms with van der Waals surface area (Å²) in [6, 6.07) is 0. The van der Waals surface area contributed by atoms with Crippen LogP contribution < -0.4 is 5.32 Å². The molecular formula is C11H17N3O. The van der Waals surface area contributed by atoms with Gasteiger partial charge in [-0.25, -0.2) is 0 Å². The number of carbonyl (C=O) groups is 1. The Labute approximate surface area is 90.0 Å². The van der Waals surface area contributed by atoms with Gasteiger partial charge in [-0.05, 0) is 13.3 Å². The van der Waals surface area contributed by atoms with Gasteiger partial charge in [-0.2, -0.15) is 5.10 Å². The molecule has 0 saturated carbocycles. The zero-order chi connectivity index (χ0) is 11.1. The van der Waals surface area contributed by atoms with Gasteiger partial charge < -0.3 is 5.32 Å². The maximum atomic E-state index is 10.6. The molecule has 1 amide bonds. The standard InChI is InChI=1S/C11H17N3O/c1-3-14-9-11(8-13-14)6-4-5-7-12-10(2)15/h4,6,8-9H,3,5,7H2,1-2H3,(H,12,15). The normalized spacial score (nSPS) is 10.8. The Morgan fingerprint density at radius 1 is 1.67 bits per heavy atom. The van der Waals surface area contributed by atoms with Crippen LogP contribution in [0.4, 0.5) is 0 Å². The lowest BCUT2D eigenvalue weighted by Crippen LogP contribution is -2.20. The molecule has 0 radical (unpaired) electrons. The molecular weight excluding hydrogens is 190 g/mol. The summed E-state index contributed by atoms with van der Waals surface area (Å²) in [7, 11) is 0. The zero-order valence-corrected chi connectivity index (χ0v) is 9.23. The van der Waals surface area contributed by atoms with E-state index in [4.69, 9.17) is 0 Å². The van der Waals surface area contributed by atoms with Crippen molar-refractivity contribution < 1.29 is 4.79 Å². The van der Waals surface area contributed by atoms with Gasteiger partial charge >= 0.3 is 0 Å². The Hall–Kier alpha value is -1.58. The van der Waals surface area contributed by atoms with Crippen molar-refractivity contribution >= 4 is 12.0 Å². The van der Waals surface area contributed by atoms with E-state index in [-0.39, 0.29) is 5.91 Å². The first kappa shape index (κ1) is 11.5. The van der Waals surface area contributed by atoms with E-state index in [1.165, 1.54) is 6.92 Å². The van der Waals surface area contributed by atoms with E-state index in [0.717, 1.165) is 18.5 Å². The number of carbonyl (C=O) groups excluding carboxylic acids is 1. The molecule has 82 valence electrons. The van der Waals surface area contributed by atoms with E-state index >= 15 is 0 Å². The monoisotopic (exact) mass is 207 g/mol. The summed E-state index contributed by atoms with van der Waals surface area (Å²) in [5, 5.41) is 6.89. The van der Waals surface area contributed by atoms with E-state index in [1.807, 2.05) is 29.2 Å². The van der Waals surface area contributed by atoms with Crippen LogP contribution in [0.2, 0.25) is 0 Å². The quantitative estimate of drug-likeness (QED) is 0.743. The molecule has 0 unspecified atom stereocenters. The summed E-state index contributed by atoms with van der Waals surface area (Å²) in [5.41, 5.74) is 1.10. The number of aryl methyl sites for hydroxylation is 1. The smallest absolute Gasteiger partial charge is 0.216 e. The molecule has 0 saturated heterocycles. The molecule has 4 nitrogen and oxygen atoms in total. The number of amides is 1. The largest absolute Gasteiger partial charge is 0.356 e. The van der Waals surface area contributed by atoms with Crippen LogP contribution >= 0.6 is 0 Å². The number of hydrogen-bond acceptors (Lipinski definition) is 2. The second-order valence-electron chi connectivity index (χ2n) is 3.30. The molecule has 0 aliphatic carbocycles. The molecule has 0 bridgehead atoms. The Morgan fingerprint density at radius 3 is 3.07 bits per heavy atom. The fourth-order valence-electron chi connectivity index (χ4n) is 1.19. The number of nitrogens with zero attached hydrogens (tertiary/aromatic N) is 2. The van der Waals surface area contributed by atoms with Gasteiger partial charge in [0, 0.05) is 31.8 Å². The Balaban J connectivity index is 2.28. The number of hydrogen-bond donors (Lipinski definition) is 1. The van der Waals surface area contributed by atoms with Crippen LogP contribution in [-0.4, -0.2) is 22.2 Å². The molecule has 15 heavy (non-hydrogen) atoms. The van der Waals surface area contributed by atoms with Crippen molar-refractivity contribution in [2.45, 2.75) is 26.8 Å². The van der Waals surface area contributed by atoms with Crippen molar-refractivity contribution in [1.29, 1.82) is 0 Å². The molecule has 0 atom stereocenters. The van der Waals surface area contributed by atoms with Crippen LogP contribution in [0.15, 0.2) is 18.5 Å². The topological polar surface area (TPSA) is 46.9 Å². The third-order valence-electron chi connectivity index (χ3n) is 1.97. The highest BCUT2D eigenvalue weighted by molar-refractivity contribution is 5.72. The average molecular weight is 207 g/mol. The van der Waals surface area contributed by atoms with Crippen molar-refractivity contribution in [2.75, 3.05) is 6.54 Å². The van der Waals surface area contributed by atoms with Crippen LogP contribution in [0.25, 0.3) is 6.08 Å². The van der Waals surface area contributed by atoms with Crippen LogP contribution in [0, 0.1) is 0 Å². The highest BCUT2D eigenvalue weighted by Gasteiger charge is 1.91. The van der Waals surface area contributed by atoms with Gasteiger partial charge in [0.1, 0.15) is 0 Å². The second kappa shape index (κ2) is 6.01. The minimum Gasteiger partial charge on any atom is -0.356 e. The predicted octanol–water partition coefficient (Wildman–Crippen LogP) is 1.44. The third kappa shape index (κ3) is 4.44. The maximum Gasteiger partial charge on any atom is 0.216 e. The molecule has 1 N–H and O–H groups in total. The predicted molar refractivity (Wildman–Crippen MR) is 60.2 cm³/mol. The third-order valence-corrected chi connectivity index (χ3v) is 1.97. The Kier molecular flexibility index (Phi) is 4.60. The molecule has 0 aliphatic rings. The summed E-state index contributed by atoms with van der Waals surface area (Å²) in [5.74, 6) is 0.0159. The van der Waals surface area contributed by atoms with Crippen molar-refractivity contribution in [3.8, 4) is 0 Å². The van der Waals surface area contributed by atoms with Crippen LogP contribution in [0.5, 0.6) is 0 Å². The summed E-state index contributed by atoms with van der Waals surface area (Å²) in [6.45, 7) is 5.15. The van der Waals surface area contributed by atoms with Gasteiger partial charge in [0.2, 0.25) is 5.91 Å². The molecule has 4 heteroatoms. The van der Waals surface area contributed by atoms with Gasteiger partial charge in [-0.1, -0.05) is 12.2 Å². The lowest BCUT2D eigenvalue weighted by Gasteiger charge is -1.95. The highest BCUT2D eigenvalue weighted by Crippen LogP contribution is 2.00. The minimum absolute atomic E-state index is 0.0159. The van der Waals surface area contributed by atoms with Crippen molar-refractivity contribution in [1.82, 2.24) is 15.1 Å². The molecule has 1 rings (SSSR count). The van der Waals surface area contributed by atoms with Gasteiger partial charge in [0.25, 0.3) is 0 Å². The fourth-order valence-corrected chi connectivity index (χ4v) is 1.19. The van der Waals surface area contributed by atoms with Crippen molar-refractivity contribution in [3.05, 3.63) is 24.0 Å². The van der Waals surface area contributed by atoms with Gasteiger partial charge in [-0.3, -0.25) is 9.48 Å². The van der Waals surface area contributed by atoms with Crippen molar-refractivity contribution in [3.63, 3.8) is 0 Å². The van der Waals surface area contributed by atoms with Crippen molar-refractivity contribution in [2.24, 2.45) is 0 Å². The van der Waals surface area contributed by atoms with Gasteiger partial charge in [-0.15, -0.1) is 0 Å². The number of aromatic nitrogens is 2. The second-order valence-corrected chi connectivity index (χ2v) is 3.30. The zero-order valence-electron chi connectivity index (χ0n) is 9.23. The van der Waals surface area contributed by atoms with E-state index < -0.39 is 0 Å². The molecule has 1 aromatic rings. The molecule has 0 fully saturated rings. The summed E-state index contributed by atoms with van der Waals surface area (Å²) in [4.78, 5) is 10.6. The maximum absolute atomic E-state index is 10.6. The molecule has 1 heterocycles. The highest BCUT2D eigenvalue weighted by atomic mass is 16.1. The van der Waals surface area contributed by atoms with Gasteiger partial charge in [0.15, 0.2) is 0 Å². The number of rotatable bonds is 5. The average Bonchev–Trinajstić information content (AvgIpc) is 2.65. The lowest BCUT2D eigenvalue weighted by atomic mass is 10.3. The first-order valence-corrected chi connectivity index (χ1v) is 5.16. The van der Waals surface area contributed by atoms with E-state index in [0.29, 0.717) is 6.54 Å². The Morgan fingerprint density at radius 2 is 2.47 bits per heavy atom. The molecule has 1 aromatic heterocycles. The summed E-state index contributed by atoms with van der Waals surface area (Å²) >= 11 is 0. The summed E-state index contributed by atoms with van der Waals surface area (Å²) in [6.07, 6.45) is 8.72. The van der Waals surface area contributed by atoms with E-state index in [2.05, 4.69) is 17.3 Å². The van der Waals surface area contributed by atoms with E-state index in [1.54, 1.807) is 0 Å². The fraction of sp³-hybridized carbons (Fsp3) is 0.455. The first-order chi connectivity index (χ1) is 7.22. The first-order valence-electron chi connectivity index (χ1n) is 5.16. The minimum atomic E-state index is 0.0159. The van der Waals surface area contributed by atoms with Crippen LogP contribution in [0.1, 0.15) is 25.8 Å². The van der Waals surface area contributed by atoms with Crippen LogP contribution in [0.3, 0.4) is 0 Å². The van der Waals surface area contributed by atoms with Crippen LogP contribution in [-0.2, 0) is 11.3 Å². The Bertz CT molecular complexity index is 341. The lowest BCUT2D eigenvalue weighted by molar-refractivity contribution is -0.118. The molecule has 0 aliphatic heterocycles. The van der Waals surface area contributed by atoms with Gasteiger partial charge in [0.05, 0.1) is 6.20 Å². The number of nitrogens with one attached hydrogen (secondary N) is 1. The van der Waals surface area contributed by atoms with E-state index in [9.17, 15) is 4.79 Å². The molecule has 0 spiro atoms. The SMILES string of the molecule is CCn1cc(C=CCCNC(C)=O)cn1.